The molecule has 4 nitrogen and oxygen atoms in total. The molecule has 1 N–H and O–H groups in total. The molecular weight excluding hydrogens is 456 g/mol. The number of hydrogen-bond donors (Lipinski definition) is 1. The number of aryl methyl sites for hydroxylation is 2. The molecule has 0 heterocycles. The van der Waals surface area contributed by atoms with Crippen LogP contribution in [0.1, 0.15) is 42.5 Å². The van der Waals surface area contributed by atoms with Gasteiger partial charge in [-0.3, -0.25) is 9.59 Å². The first kappa shape index (κ1) is 26.5. The summed E-state index contributed by atoms with van der Waals surface area (Å²) >= 11 is 6.47. The smallest absolute Gasteiger partial charge is 0.243 e. The summed E-state index contributed by atoms with van der Waals surface area (Å²) in [5, 5.41) is 3.64. The van der Waals surface area contributed by atoms with Crippen LogP contribution in [0, 0.1) is 12.8 Å². The van der Waals surface area contributed by atoms with Crippen molar-refractivity contribution in [2.24, 2.45) is 5.92 Å². The topological polar surface area (TPSA) is 49.4 Å². The second-order valence-electron chi connectivity index (χ2n) is 9.44. The van der Waals surface area contributed by atoms with Crippen LogP contribution in [0.2, 0.25) is 5.02 Å². The number of hydrogen-bond acceptors (Lipinski definition) is 2. The van der Waals surface area contributed by atoms with Gasteiger partial charge < -0.3 is 10.2 Å². The van der Waals surface area contributed by atoms with E-state index in [0.717, 1.165) is 16.7 Å². The second-order valence-corrected chi connectivity index (χ2v) is 9.85. The number of carbonyl (C=O) groups is 2. The van der Waals surface area contributed by atoms with Crippen LogP contribution in [0.4, 0.5) is 0 Å². The van der Waals surface area contributed by atoms with Gasteiger partial charge in [0.2, 0.25) is 11.8 Å². The Morgan fingerprint density at radius 1 is 0.886 bits per heavy atom. The van der Waals surface area contributed by atoms with Gasteiger partial charge in [0.25, 0.3) is 0 Å². The van der Waals surface area contributed by atoms with Crippen LogP contribution in [-0.4, -0.2) is 29.3 Å². The Labute approximate surface area is 214 Å². The van der Waals surface area contributed by atoms with E-state index < -0.39 is 6.04 Å². The molecule has 1 atom stereocenters. The standard InChI is InChI=1S/C30H35ClN2O2/c1-22(2)20-32-30(35)28(19-25-9-5-4-6-10-25)33(21-26-11-7-8-12-27(26)31)29(34)18-17-24-15-13-23(3)14-16-24/h4-16,22,28H,17-21H2,1-3H3,(H,32,35)/t28-/m1/s1. The van der Waals surface area contributed by atoms with Gasteiger partial charge in [0.1, 0.15) is 6.04 Å². The van der Waals surface area contributed by atoms with Gasteiger partial charge in [0, 0.05) is 31.0 Å². The van der Waals surface area contributed by atoms with Crippen molar-refractivity contribution in [3.8, 4) is 0 Å². The van der Waals surface area contributed by atoms with E-state index >= 15 is 0 Å². The van der Waals surface area contributed by atoms with Gasteiger partial charge in [-0.25, -0.2) is 0 Å². The fourth-order valence-electron chi connectivity index (χ4n) is 3.94. The zero-order valence-corrected chi connectivity index (χ0v) is 21.6. The monoisotopic (exact) mass is 490 g/mol. The molecule has 0 radical (unpaired) electrons. The molecule has 3 rings (SSSR count). The number of nitrogens with one attached hydrogen (secondary N) is 1. The molecule has 2 amide bonds. The van der Waals surface area contributed by atoms with Crippen molar-refractivity contribution in [3.63, 3.8) is 0 Å². The molecule has 0 fully saturated rings. The van der Waals surface area contributed by atoms with Crippen LogP contribution in [0.3, 0.4) is 0 Å². The number of benzene rings is 3. The first-order valence-electron chi connectivity index (χ1n) is 12.2. The van der Waals surface area contributed by atoms with Crippen molar-refractivity contribution in [3.05, 3.63) is 106 Å². The third-order valence-corrected chi connectivity index (χ3v) is 6.37. The molecule has 0 aliphatic carbocycles. The Bertz CT molecular complexity index is 1100. The number of rotatable bonds is 11. The van der Waals surface area contributed by atoms with E-state index in [0.29, 0.717) is 36.7 Å². The van der Waals surface area contributed by atoms with Gasteiger partial charge in [-0.15, -0.1) is 0 Å². The van der Waals surface area contributed by atoms with Crippen LogP contribution in [0.15, 0.2) is 78.9 Å². The SMILES string of the molecule is Cc1ccc(CCC(=O)N(Cc2ccccc2Cl)[C@H](Cc2ccccc2)C(=O)NCC(C)C)cc1. The first-order chi connectivity index (χ1) is 16.8. The molecule has 0 unspecified atom stereocenters. The van der Waals surface area contributed by atoms with Crippen LogP contribution < -0.4 is 5.32 Å². The Morgan fingerprint density at radius 2 is 1.54 bits per heavy atom. The molecule has 3 aromatic rings. The average Bonchev–Trinajstić information content (AvgIpc) is 2.85. The highest BCUT2D eigenvalue weighted by Crippen LogP contribution is 2.21. The largest absolute Gasteiger partial charge is 0.354 e. The highest BCUT2D eigenvalue weighted by atomic mass is 35.5. The summed E-state index contributed by atoms with van der Waals surface area (Å²) in [6.07, 6.45) is 1.37. The molecule has 5 heteroatoms. The fourth-order valence-corrected chi connectivity index (χ4v) is 4.13. The highest BCUT2D eigenvalue weighted by molar-refractivity contribution is 6.31. The van der Waals surface area contributed by atoms with Crippen LogP contribution in [0.5, 0.6) is 0 Å². The van der Waals surface area contributed by atoms with Crippen LogP contribution >= 0.6 is 11.6 Å². The summed E-state index contributed by atoms with van der Waals surface area (Å²) in [6.45, 7) is 6.99. The summed E-state index contributed by atoms with van der Waals surface area (Å²) in [7, 11) is 0. The summed E-state index contributed by atoms with van der Waals surface area (Å²) in [4.78, 5) is 28.8. The second kappa shape index (κ2) is 13.1. The first-order valence-corrected chi connectivity index (χ1v) is 12.6. The molecule has 0 saturated carbocycles. The molecule has 35 heavy (non-hydrogen) atoms. The van der Waals surface area contributed by atoms with E-state index in [1.807, 2.05) is 61.5 Å². The quantitative estimate of drug-likeness (QED) is 0.358. The minimum atomic E-state index is -0.641. The molecule has 0 aliphatic rings. The maximum absolute atomic E-state index is 13.7. The lowest BCUT2D eigenvalue weighted by Crippen LogP contribution is -2.51. The number of carbonyl (C=O) groups excluding carboxylic acids is 2. The molecule has 184 valence electrons. The molecule has 0 spiro atoms. The summed E-state index contributed by atoms with van der Waals surface area (Å²) in [5.74, 6) is 0.106. The van der Waals surface area contributed by atoms with E-state index in [1.54, 1.807) is 4.90 Å². The van der Waals surface area contributed by atoms with Crippen molar-refractivity contribution < 1.29 is 9.59 Å². The summed E-state index contributed by atoms with van der Waals surface area (Å²) < 4.78 is 0. The number of halogens is 1. The zero-order valence-electron chi connectivity index (χ0n) is 20.8. The van der Waals surface area contributed by atoms with Gasteiger partial charge in [0.05, 0.1) is 0 Å². The lowest BCUT2D eigenvalue weighted by atomic mass is 10.0. The molecular formula is C30H35ClN2O2. The molecule has 0 aliphatic heterocycles. The Morgan fingerprint density at radius 3 is 2.20 bits per heavy atom. The summed E-state index contributed by atoms with van der Waals surface area (Å²) in [5.41, 5.74) is 4.12. The van der Waals surface area contributed by atoms with Gasteiger partial charge in [-0.05, 0) is 42.0 Å². The highest BCUT2D eigenvalue weighted by Gasteiger charge is 2.30. The van der Waals surface area contributed by atoms with Crippen LogP contribution in [0.25, 0.3) is 0 Å². The van der Waals surface area contributed by atoms with Gasteiger partial charge in [0.15, 0.2) is 0 Å². The molecule has 3 aromatic carbocycles. The third kappa shape index (κ3) is 8.25. The van der Waals surface area contributed by atoms with Crippen molar-refractivity contribution in [2.75, 3.05) is 6.54 Å². The predicted molar refractivity (Wildman–Crippen MR) is 143 cm³/mol. The van der Waals surface area contributed by atoms with Crippen molar-refractivity contribution >= 4 is 23.4 Å². The summed E-state index contributed by atoms with van der Waals surface area (Å²) in [6, 6.07) is 24.9. The van der Waals surface area contributed by atoms with E-state index in [-0.39, 0.29) is 18.4 Å². The van der Waals surface area contributed by atoms with Crippen LogP contribution in [-0.2, 0) is 29.0 Å². The van der Waals surface area contributed by atoms with E-state index in [9.17, 15) is 9.59 Å². The number of amides is 2. The maximum atomic E-state index is 13.7. The minimum absolute atomic E-state index is 0.0638. The average molecular weight is 491 g/mol. The predicted octanol–water partition coefficient (Wildman–Crippen LogP) is 5.99. The Hall–Kier alpha value is -3.11. The zero-order chi connectivity index (χ0) is 25.2. The van der Waals surface area contributed by atoms with Crippen molar-refractivity contribution in [1.82, 2.24) is 10.2 Å². The van der Waals surface area contributed by atoms with Crippen molar-refractivity contribution in [1.29, 1.82) is 0 Å². The van der Waals surface area contributed by atoms with Gasteiger partial charge >= 0.3 is 0 Å². The van der Waals surface area contributed by atoms with Crippen molar-refractivity contribution in [2.45, 2.75) is 52.6 Å². The third-order valence-electron chi connectivity index (χ3n) is 6.00. The van der Waals surface area contributed by atoms with E-state index in [1.165, 1.54) is 5.56 Å². The molecule has 0 bridgehead atoms. The van der Waals surface area contributed by atoms with E-state index in [4.69, 9.17) is 11.6 Å². The van der Waals surface area contributed by atoms with E-state index in [2.05, 4.69) is 43.4 Å². The fraction of sp³-hybridized carbons (Fsp3) is 0.333. The Kier molecular flexibility index (Phi) is 9.92. The van der Waals surface area contributed by atoms with Gasteiger partial charge in [-0.1, -0.05) is 104 Å². The number of nitrogens with zero attached hydrogens (tertiary/aromatic N) is 1. The normalized spacial score (nSPS) is 11.8. The molecule has 0 aromatic heterocycles. The maximum Gasteiger partial charge on any atom is 0.243 e. The lowest BCUT2D eigenvalue weighted by molar-refractivity contribution is -0.141. The minimum Gasteiger partial charge on any atom is -0.354 e. The Balaban J connectivity index is 1.90. The lowest BCUT2D eigenvalue weighted by Gasteiger charge is -2.32. The van der Waals surface area contributed by atoms with Gasteiger partial charge in [-0.2, -0.15) is 0 Å². The molecule has 0 saturated heterocycles.